The molecule has 2 heterocycles. The van der Waals surface area contributed by atoms with Crippen LogP contribution in [0.4, 0.5) is 0 Å². The quantitative estimate of drug-likeness (QED) is 0.725. The van der Waals surface area contributed by atoms with Crippen LogP contribution in [0.5, 0.6) is 5.75 Å². The molecule has 0 saturated carbocycles. The standard InChI is InChI=1S/C19H22N4O2/c1-4-23-10-9-16(13(23)2)19(24)21-12-18-20-11-17(22-18)14-5-7-15(25-3)8-6-14/h5-11H,4,12H2,1-3H3,(H,20,22)(H,21,24). The molecule has 25 heavy (non-hydrogen) atoms. The predicted molar refractivity (Wildman–Crippen MR) is 96.6 cm³/mol. The maximum Gasteiger partial charge on any atom is 0.253 e. The first-order chi connectivity index (χ1) is 12.1. The van der Waals surface area contributed by atoms with Gasteiger partial charge in [-0.05, 0) is 49.7 Å². The minimum Gasteiger partial charge on any atom is -0.497 e. The third kappa shape index (κ3) is 3.57. The molecule has 0 aliphatic carbocycles. The predicted octanol–water partition coefficient (Wildman–Crippen LogP) is 3.15. The summed E-state index contributed by atoms with van der Waals surface area (Å²) in [6, 6.07) is 9.58. The van der Waals surface area contributed by atoms with Crippen LogP contribution >= 0.6 is 0 Å². The molecule has 0 fully saturated rings. The molecule has 0 atom stereocenters. The van der Waals surface area contributed by atoms with Crippen molar-refractivity contribution < 1.29 is 9.53 Å². The first kappa shape index (κ1) is 16.8. The molecular formula is C19H22N4O2. The molecule has 1 aromatic carbocycles. The second-order valence-electron chi connectivity index (χ2n) is 5.76. The number of rotatable bonds is 6. The number of nitrogens with zero attached hydrogens (tertiary/aromatic N) is 2. The summed E-state index contributed by atoms with van der Waals surface area (Å²) in [5.74, 6) is 1.43. The van der Waals surface area contributed by atoms with Gasteiger partial charge in [0.1, 0.15) is 11.6 Å². The van der Waals surface area contributed by atoms with E-state index in [4.69, 9.17) is 4.74 Å². The Morgan fingerprint density at radius 2 is 2.04 bits per heavy atom. The highest BCUT2D eigenvalue weighted by Crippen LogP contribution is 2.20. The van der Waals surface area contributed by atoms with Crippen molar-refractivity contribution in [3.05, 3.63) is 59.8 Å². The Hall–Kier alpha value is -3.02. The Balaban J connectivity index is 1.64. The highest BCUT2D eigenvalue weighted by molar-refractivity contribution is 5.95. The fourth-order valence-electron chi connectivity index (χ4n) is 2.76. The fraction of sp³-hybridized carbons (Fsp3) is 0.263. The molecule has 0 radical (unpaired) electrons. The first-order valence-corrected chi connectivity index (χ1v) is 8.24. The van der Waals surface area contributed by atoms with Crippen LogP contribution in [0.2, 0.25) is 0 Å². The maximum absolute atomic E-state index is 12.3. The van der Waals surface area contributed by atoms with Gasteiger partial charge in [-0.15, -0.1) is 0 Å². The molecule has 2 aromatic heterocycles. The molecule has 6 heteroatoms. The number of H-pyrrole nitrogens is 1. The molecule has 0 bridgehead atoms. The Morgan fingerprint density at radius 3 is 2.68 bits per heavy atom. The zero-order valence-corrected chi connectivity index (χ0v) is 14.7. The lowest BCUT2D eigenvalue weighted by molar-refractivity contribution is 0.0949. The van der Waals surface area contributed by atoms with E-state index in [1.165, 1.54) is 0 Å². The van der Waals surface area contributed by atoms with Gasteiger partial charge in [0.15, 0.2) is 0 Å². The molecule has 3 aromatic rings. The molecule has 0 spiro atoms. The molecule has 130 valence electrons. The normalized spacial score (nSPS) is 10.7. The van der Waals surface area contributed by atoms with Crippen LogP contribution in [0, 0.1) is 6.92 Å². The molecule has 1 amide bonds. The van der Waals surface area contributed by atoms with E-state index in [9.17, 15) is 4.79 Å². The fourth-order valence-corrected chi connectivity index (χ4v) is 2.76. The molecule has 6 nitrogen and oxygen atoms in total. The number of carbonyl (C=O) groups is 1. The average Bonchev–Trinajstić information content (AvgIpc) is 3.26. The van der Waals surface area contributed by atoms with E-state index in [0.29, 0.717) is 17.9 Å². The number of ether oxygens (including phenoxy) is 1. The van der Waals surface area contributed by atoms with E-state index in [0.717, 1.165) is 29.2 Å². The van der Waals surface area contributed by atoms with Crippen molar-refractivity contribution in [3.63, 3.8) is 0 Å². The van der Waals surface area contributed by atoms with Crippen LogP contribution in [-0.2, 0) is 13.1 Å². The number of nitrogens with one attached hydrogen (secondary N) is 2. The van der Waals surface area contributed by atoms with Crippen molar-refractivity contribution >= 4 is 5.91 Å². The number of hydrogen-bond donors (Lipinski definition) is 2. The van der Waals surface area contributed by atoms with Crippen molar-refractivity contribution in [1.29, 1.82) is 0 Å². The molecule has 0 aliphatic rings. The van der Waals surface area contributed by atoms with Gasteiger partial charge >= 0.3 is 0 Å². The largest absolute Gasteiger partial charge is 0.497 e. The number of aromatic nitrogens is 3. The summed E-state index contributed by atoms with van der Waals surface area (Å²) in [6.45, 7) is 5.21. The Bertz CT molecular complexity index is 862. The minimum absolute atomic E-state index is 0.0907. The van der Waals surface area contributed by atoms with Gasteiger partial charge in [-0.2, -0.15) is 0 Å². The summed E-state index contributed by atoms with van der Waals surface area (Å²) in [7, 11) is 1.64. The number of amides is 1. The van der Waals surface area contributed by atoms with Crippen molar-refractivity contribution in [3.8, 4) is 17.0 Å². The van der Waals surface area contributed by atoms with Gasteiger partial charge in [0, 0.05) is 18.4 Å². The van der Waals surface area contributed by atoms with Gasteiger partial charge in [-0.25, -0.2) is 4.98 Å². The number of carbonyl (C=O) groups excluding carboxylic acids is 1. The van der Waals surface area contributed by atoms with Gasteiger partial charge < -0.3 is 19.6 Å². The number of hydrogen-bond acceptors (Lipinski definition) is 3. The molecule has 0 saturated heterocycles. The topological polar surface area (TPSA) is 71.9 Å². The summed E-state index contributed by atoms with van der Waals surface area (Å²) in [5.41, 5.74) is 3.59. The van der Waals surface area contributed by atoms with Gasteiger partial charge in [-0.3, -0.25) is 4.79 Å². The molecular weight excluding hydrogens is 316 g/mol. The van der Waals surface area contributed by atoms with Crippen molar-refractivity contribution in [1.82, 2.24) is 19.9 Å². The molecule has 0 unspecified atom stereocenters. The van der Waals surface area contributed by atoms with E-state index in [1.807, 2.05) is 48.0 Å². The number of benzene rings is 1. The lowest BCUT2D eigenvalue weighted by Crippen LogP contribution is -2.24. The maximum atomic E-state index is 12.3. The zero-order chi connectivity index (χ0) is 17.8. The van der Waals surface area contributed by atoms with Gasteiger partial charge in [0.2, 0.25) is 0 Å². The molecule has 2 N–H and O–H groups in total. The van der Waals surface area contributed by atoms with Crippen molar-refractivity contribution in [2.45, 2.75) is 26.9 Å². The number of aryl methyl sites for hydroxylation is 1. The van der Waals surface area contributed by atoms with Crippen LogP contribution in [0.1, 0.15) is 28.8 Å². The minimum atomic E-state index is -0.0907. The highest BCUT2D eigenvalue weighted by atomic mass is 16.5. The Kier molecular flexibility index (Phi) is 4.88. The van der Waals surface area contributed by atoms with Gasteiger partial charge in [0.05, 0.1) is 31.1 Å². The van der Waals surface area contributed by atoms with Crippen LogP contribution in [0.3, 0.4) is 0 Å². The Morgan fingerprint density at radius 1 is 1.28 bits per heavy atom. The second kappa shape index (κ2) is 7.25. The summed E-state index contributed by atoms with van der Waals surface area (Å²) >= 11 is 0. The van der Waals surface area contributed by atoms with Gasteiger partial charge in [-0.1, -0.05) is 0 Å². The van der Waals surface area contributed by atoms with Crippen molar-refractivity contribution in [2.75, 3.05) is 7.11 Å². The van der Waals surface area contributed by atoms with E-state index in [-0.39, 0.29) is 5.91 Å². The monoisotopic (exact) mass is 338 g/mol. The number of imidazole rings is 1. The van der Waals surface area contributed by atoms with E-state index >= 15 is 0 Å². The number of methoxy groups -OCH3 is 1. The summed E-state index contributed by atoms with van der Waals surface area (Å²) < 4.78 is 7.21. The summed E-state index contributed by atoms with van der Waals surface area (Å²) in [6.07, 6.45) is 3.70. The zero-order valence-electron chi connectivity index (χ0n) is 14.7. The first-order valence-electron chi connectivity index (χ1n) is 8.24. The second-order valence-corrected chi connectivity index (χ2v) is 5.76. The third-order valence-corrected chi connectivity index (χ3v) is 4.27. The average molecular weight is 338 g/mol. The molecule has 0 aliphatic heterocycles. The molecule has 3 rings (SSSR count). The summed E-state index contributed by atoms with van der Waals surface area (Å²) in [5, 5.41) is 2.91. The lowest BCUT2D eigenvalue weighted by atomic mass is 10.2. The van der Waals surface area contributed by atoms with Gasteiger partial charge in [0.25, 0.3) is 5.91 Å². The van der Waals surface area contributed by atoms with Crippen LogP contribution in [0.25, 0.3) is 11.3 Å². The van der Waals surface area contributed by atoms with E-state index in [2.05, 4.69) is 22.2 Å². The van der Waals surface area contributed by atoms with E-state index in [1.54, 1.807) is 13.3 Å². The van der Waals surface area contributed by atoms with E-state index < -0.39 is 0 Å². The SMILES string of the molecule is CCn1ccc(C(=O)NCc2ncc(-c3ccc(OC)cc3)[nH]2)c1C. The smallest absolute Gasteiger partial charge is 0.253 e. The Labute approximate surface area is 146 Å². The number of aromatic amines is 1. The van der Waals surface area contributed by atoms with Crippen LogP contribution < -0.4 is 10.1 Å². The highest BCUT2D eigenvalue weighted by Gasteiger charge is 2.12. The summed E-state index contributed by atoms with van der Waals surface area (Å²) in [4.78, 5) is 19.9. The van der Waals surface area contributed by atoms with Crippen LogP contribution in [0.15, 0.2) is 42.7 Å². The third-order valence-electron chi connectivity index (χ3n) is 4.27. The van der Waals surface area contributed by atoms with Crippen molar-refractivity contribution in [2.24, 2.45) is 0 Å². The van der Waals surface area contributed by atoms with Crippen LogP contribution in [-0.4, -0.2) is 27.6 Å². The lowest BCUT2D eigenvalue weighted by Gasteiger charge is -2.05.